The van der Waals surface area contributed by atoms with E-state index in [1.165, 1.54) is 30.0 Å². The molecule has 7 nitrogen and oxygen atoms in total. The van der Waals surface area contributed by atoms with Crippen molar-refractivity contribution in [3.63, 3.8) is 0 Å². The maximum absolute atomic E-state index is 14.9. The Balaban J connectivity index is 1.71. The predicted molar refractivity (Wildman–Crippen MR) is 129 cm³/mol. The van der Waals surface area contributed by atoms with Crippen molar-refractivity contribution in [2.75, 3.05) is 32.3 Å². The van der Waals surface area contributed by atoms with Crippen LogP contribution in [-0.2, 0) is 20.6 Å². The fourth-order valence-corrected chi connectivity index (χ4v) is 5.12. The topological polar surface area (TPSA) is 78.3 Å². The van der Waals surface area contributed by atoms with E-state index < -0.39 is 47.2 Å². The molecule has 198 valence electrons. The first-order chi connectivity index (χ1) is 17.7. The van der Waals surface area contributed by atoms with Crippen LogP contribution in [0.25, 0.3) is 10.9 Å². The molecule has 1 unspecified atom stereocenters. The van der Waals surface area contributed by atoms with Gasteiger partial charge in [-0.2, -0.15) is 0 Å². The van der Waals surface area contributed by atoms with Gasteiger partial charge < -0.3 is 19.4 Å². The highest BCUT2D eigenvalue weighted by Crippen LogP contribution is 2.45. The monoisotopic (exact) mass is 520 g/mol. The van der Waals surface area contributed by atoms with E-state index >= 15 is 0 Å². The third-order valence-corrected chi connectivity index (χ3v) is 7.52. The van der Waals surface area contributed by atoms with E-state index in [1.54, 1.807) is 13.8 Å². The molecule has 0 amide bonds. The molecule has 1 N–H and O–H groups in total. The molecule has 1 aliphatic heterocycles. The zero-order valence-electron chi connectivity index (χ0n) is 20.8. The molecule has 2 fully saturated rings. The van der Waals surface area contributed by atoms with Crippen LogP contribution in [0.3, 0.4) is 0 Å². The van der Waals surface area contributed by atoms with Gasteiger partial charge in [-0.25, -0.2) is 27.5 Å². The van der Waals surface area contributed by atoms with E-state index in [9.17, 15) is 22.4 Å². The average molecular weight is 521 g/mol. The van der Waals surface area contributed by atoms with Gasteiger partial charge in [0.1, 0.15) is 29.7 Å². The van der Waals surface area contributed by atoms with Crippen LogP contribution in [0.5, 0.6) is 0 Å². The highest BCUT2D eigenvalue weighted by Gasteiger charge is 2.49. The van der Waals surface area contributed by atoms with Crippen LogP contribution in [0.15, 0.2) is 29.2 Å². The molecule has 1 saturated heterocycles. The Labute approximate surface area is 210 Å². The van der Waals surface area contributed by atoms with Gasteiger partial charge in [0.05, 0.1) is 40.2 Å². The summed E-state index contributed by atoms with van der Waals surface area (Å²) in [6.07, 6.45) is -0.00705. The Hall–Kier alpha value is -3.05. The van der Waals surface area contributed by atoms with Crippen LogP contribution in [-0.4, -0.2) is 41.5 Å². The second kappa shape index (κ2) is 9.36. The zero-order valence-corrected chi connectivity index (χ0v) is 20.8. The number of fused-ring (bicyclic) bond motifs is 1. The molecule has 37 heavy (non-hydrogen) atoms. The minimum atomic E-state index is -2.96. The molecule has 2 atom stereocenters. The van der Waals surface area contributed by atoms with Crippen LogP contribution in [0.2, 0.25) is 0 Å². The van der Waals surface area contributed by atoms with Crippen LogP contribution >= 0.6 is 0 Å². The summed E-state index contributed by atoms with van der Waals surface area (Å²) in [5.74, 6) is -0.396. The molecule has 3 aromatic rings. The fraction of sp³-hybridized carbons (Fsp3) is 0.500. The van der Waals surface area contributed by atoms with Crippen molar-refractivity contribution in [2.45, 2.75) is 56.7 Å². The van der Waals surface area contributed by atoms with Gasteiger partial charge in [0.15, 0.2) is 0 Å². The van der Waals surface area contributed by atoms with Crippen LogP contribution < -0.4 is 10.9 Å². The van der Waals surface area contributed by atoms with Crippen molar-refractivity contribution in [1.29, 1.82) is 0 Å². The predicted octanol–water partition coefficient (Wildman–Crippen LogP) is 5.07. The number of nitrogens with one attached hydrogen (secondary N) is 1. The smallest absolute Gasteiger partial charge is 0.266 e. The number of hydrogen-bond acceptors (Lipinski definition) is 6. The summed E-state index contributed by atoms with van der Waals surface area (Å²) in [5, 5.41) is 3.53. The Morgan fingerprint density at radius 1 is 1.22 bits per heavy atom. The number of ether oxygens (including phenoxy) is 2. The molecule has 5 rings (SSSR count). The average Bonchev–Trinajstić information content (AvgIpc) is 3.52. The first kappa shape index (κ1) is 25.6. The molecule has 0 bridgehead atoms. The first-order valence-electron chi connectivity index (χ1n) is 12.1. The number of alkyl halides is 3. The Morgan fingerprint density at radius 3 is 2.54 bits per heavy atom. The number of anilines is 1. The molecule has 11 heteroatoms. The quantitative estimate of drug-likeness (QED) is 0.418. The van der Waals surface area contributed by atoms with Crippen molar-refractivity contribution < 1.29 is 27.0 Å². The minimum Gasteiger partial charge on any atom is -0.378 e. The first-order valence-corrected chi connectivity index (χ1v) is 12.1. The van der Waals surface area contributed by atoms with E-state index in [1.807, 2.05) is 0 Å². The highest BCUT2D eigenvalue weighted by molar-refractivity contribution is 5.91. The second-order valence-corrected chi connectivity index (χ2v) is 9.84. The molecule has 3 heterocycles. The number of pyridine rings is 1. The lowest BCUT2D eigenvalue weighted by atomic mass is 9.91. The lowest BCUT2D eigenvalue weighted by Gasteiger charge is -2.29. The second-order valence-electron chi connectivity index (χ2n) is 9.84. The van der Waals surface area contributed by atoms with Gasteiger partial charge in [0.25, 0.3) is 12.0 Å². The molecule has 0 spiro atoms. The number of aromatic nitrogens is 3. The molecule has 1 aliphatic carbocycles. The van der Waals surface area contributed by atoms with Crippen LogP contribution in [0.1, 0.15) is 61.2 Å². The molecule has 1 saturated carbocycles. The Morgan fingerprint density at radius 2 is 1.95 bits per heavy atom. The third-order valence-electron chi connectivity index (χ3n) is 7.52. The fourth-order valence-electron chi connectivity index (χ4n) is 5.12. The lowest BCUT2D eigenvalue weighted by Crippen LogP contribution is -2.42. The van der Waals surface area contributed by atoms with E-state index in [0.717, 1.165) is 6.07 Å². The van der Waals surface area contributed by atoms with Gasteiger partial charge >= 0.3 is 0 Å². The third kappa shape index (κ3) is 4.17. The van der Waals surface area contributed by atoms with Gasteiger partial charge in [-0.3, -0.25) is 4.79 Å². The van der Waals surface area contributed by atoms with Gasteiger partial charge in [-0.1, -0.05) is 18.2 Å². The van der Waals surface area contributed by atoms with Gasteiger partial charge in [0, 0.05) is 31.9 Å². The minimum absolute atomic E-state index is 0.0377. The van der Waals surface area contributed by atoms with E-state index in [0.29, 0.717) is 42.6 Å². The Bertz CT molecular complexity index is 1400. The zero-order chi connectivity index (χ0) is 26.5. The summed E-state index contributed by atoms with van der Waals surface area (Å²) in [7, 11) is 1.49. The summed E-state index contributed by atoms with van der Waals surface area (Å²) in [6, 6.07) is 3.08. The number of halogens is 4. The van der Waals surface area contributed by atoms with Gasteiger partial charge in [0.2, 0.25) is 0 Å². The molecule has 2 aliphatic rings. The maximum Gasteiger partial charge on any atom is 0.266 e. The van der Waals surface area contributed by atoms with Crippen molar-refractivity contribution in [2.24, 2.45) is 0 Å². The van der Waals surface area contributed by atoms with Crippen molar-refractivity contribution in [1.82, 2.24) is 14.5 Å². The number of benzene rings is 1. The van der Waals surface area contributed by atoms with E-state index in [4.69, 9.17) is 9.47 Å². The Kier molecular flexibility index (Phi) is 6.47. The number of rotatable bonds is 8. The van der Waals surface area contributed by atoms with E-state index in [-0.39, 0.29) is 23.6 Å². The standard InChI is InChI=1S/C26H28F4N4O3/c1-14(16-5-4-6-17(20(16)28)22(29)30)31-23-18-11-34(25(12-27)7-8-25)24(35)19(21(18)32-15(2)33-23)26(36-3)9-10-37-13-26/h4-6,11,14,22H,7-10,12-13H2,1-3H3,(H,31,32,33)/t14-,26?/m1/s1. The molecule has 1 aromatic carbocycles. The number of methoxy groups -OCH3 is 1. The number of hydrogen-bond donors (Lipinski definition) is 1. The summed E-state index contributed by atoms with van der Waals surface area (Å²) >= 11 is 0. The molecular weight excluding hydrogens is 492 g/mol. The number of aryl methyl sites for hydroxylation is 1. The van der Waals surface area contributed by atoms with Gasteiger partial charge in [-0.05, 0) is 26.7 Å². The summed E-state index contributed by atoms with van der Waals surface area (Å²) < 4.78 is 68.5. The van der Waals surface area contributed by atoms with Crippen molar-refractivity contribution >= 4 is 16.7 Å². The largest absolute Gasteiger partial charge is 0.378 e. The van der Waals surface area contributed by atoms with E-state index in [2.05, 4.69) is 15.3 Å². The highest BCUT2D eigenvalue weighted by atomic mass is 19.3. The van der Waals surface area contributed by atoms with Crippen molar-refractivity contribution in [3.8, 4) is 0 Å². The summed E-state index contributed by atoms with van der Waals surface area (Å²) in [6.45, 7) is 3.07. The molecular formula is C26H28F4N4O3. The molecule has 0 radical (unpaired) electrons. The van der Waals surface area contributed by atoms with Crippen LogP contribution in [0.4, 0.5) is 23.4 Å². The maximum atomic E-state index is 14.9. The summed E-state index contributed by atoms with van der Waals surface area (Å²) in [4.78, 5) is 22.9. The van der Waals surface area contributed by atoms with Gasteiger partial charge in [-0.15, -0.1) is 0 Å². The normalized spacial score (nSPS) is 21.5. The SMILES string of the molecule is COC1(c2c(=O)n(C3(CF)CC3)cc3c(N[C@H](C)c4cccc(C(F)F)c4F)nc(C)nc23)CCOC1. The lowest BCUT2D eigenvalue weighted by molar-refractivity contribution is -0.0217. The summed E-state index contributed by atoms with van der Waals surface area (Å²) in [5.41, 5.74) is -2.50. The van der Waals surface area contributed by atoms with Crippen molar-refractivity contribution in [3.05, 3.63) is 63.1 Å². The molecule has 2 aromatic heterocycles. The number of nitrogens with zero attached hydrogens (tertiary/aromatic N) is 3. The van der Waals surface area contributed by atoms with Crippen LogP contribution in [0, 0.1) is 12.7 Å².